The fraction of sp³-hybridized carbons (Fsp3) is 1.00. The molecule has 0 aromatic heterocycles. The number of rotatable bonds is 3. The highest BCUT2D eigenvalue weighted by Gasteiger charge is 2.19. The highest BCUT2D eigenvalue weighted by molar-refractivity contribution is 4.70. The van der Waals surface area contributed by atoms with E-state index in [9.17, 15) is 0 Å². The van der Waals surface area contributed by atoms with Gasteiger partial charge in [-0.25, -0.2) is 0 Å². The third kappa shape index (κ3) is 2.77. The summed E-state index contributed by atoms with van der Waals surface area (Å²) in [7, 11) is 0. The Kier molecular flexibility index (Phi) is 3.83. The number of hydrogen-bond acceptors (Lipinski definition) is 3. The van der Waals surface area contributed by atoms with Crippen LogP contribution in [0.2, 0.25) is 0 Å². The maximum absolute atomic E-state index is 5.64. The molecule has 1 heterocycles. The van der Waals surface area contributed by atoms with E-state index in [-0.39, 0.29) is 6.23 Å². The van der Waals surface area contributed by atoms with Crippen LogP contribution in [0.5, 0.6) is 0 Å². The van der Waals surface area contributed by atoms with Crippen molar-refractivity contribution in [1.29, 1.82) is 0 Å². The molecule has 1 rings (SSSR count). The van der Waals surface area contributed by atoms with Gasteiger partial charge in [-0.1, -0.05) is 13.3 Å². The van der Waals surface area contributed by atoms with E-state index in [4.69, 9.17) is 10.5 Å². The van der Waals surface area contributed by atoms with E-state index >= 15 is 0 Å². The van der Waals surface area contributed by atoms with E-state index in [0.29, 0.717) is 12.6 Å². The fourth-order valence-corrected chi connectivity index (χ4v) is 1.43. The standard InChI is InChI=1S/C8H18N2O/c1-2-3-7-4-5-10-8(6-9)11-7/h7-8,10H,2-6,9H2,1H3. The molecular weight excluding hydrogens is 140 g/mol. The number of nitrogens with one attached hydrogen (secondary N) is 1. The predicted octanol–water partition coefficient (Wildman–Crippen LogP) is 0.450. The third-order valence-corrected chi connectivity index (χ3v) is 2.02. The Bertz CT molecular complexity index is 106. The first-order valence-corrected chi connectivity index (χ1v) is 4.45. The summed E-state index contributed by atoms with van der Waals surface area (Å²) in [4.78, 5) is 0. The molecule has 0 bridgehead atoms. The topological polar surface area (TPSA) is 47.3 Å². The van der Waals surface area contributed by atoms with E-state index < -0.39 is 0 Å². The zero-order chi connectivity index (χ0) is 8.10. The van der Waals surface area contributed by atoms with Crippen LogP contribution in [0.4, 0.5) is 0 Å². The summed E-state index contributed by atoms with van der Waals surface area (Å²) in [5.74, 6) is 0. The van der Waals surface area contributed by atoms with Crippen molar-refractivity contribution >= 4 is 0 Å². The van der Waals surface area contributed by atoms with Gasteiger partial charge in [0.15, 0.2) is 0 Å². The molecule has 0 aromatic carbocycles. The van der Waals surface area contributed by atoms with Crippen molar-refractivity contribution in [2.45, 2.75) is 38.5 Å². The summed E-state index contributed by atoms with van der Waals surface area (Å²) in [6, 6.07) is 0. The quantitative estimate of drug-likeness (QED) is 0.627. The van der Waals surface area contributed by atoms with E-state index in [2.05, 4.69) is 12.2 Å². The van der Waals surface area contributed by atoms with Gasteiger partial charge < -0.3 is 10.5 Å². The molecule has 66 valence electrons. The highest BCUT2D eigenvalue weighted by atomic mass is 16.5. The molecule has 0 radical (unpaired) electrons. The van der Waals surface area contributed by atoms with Crippen LogP contribution in [0, 0.1) is 0 Å². The summed E-state index contributed by atoms with van der Waals surface area (Å²) >= 11 is 0. The Morgan fingerprint density at radius 1 is 1.64 bits per heavy atom. The van der Waals surface area contributed by atoms with E-state index in [1.165, 1.54) is 6.42 Å². The second-order valence-corrected chi connectivity index (χ2v) is 3.01. The van der Waals surface area contributed by atoms with Crippen LogP contribution in [0.1, 0.15) is 26.2 Å². The third-order valence-electron chi connectivity index (χ3n) is 2.02. The number of hydrogen-bond donors (Lipinski definition) is 2. The zero-order valence-electron chi connectivity index (χ0n) is 7.18. The zero-order valence-corrected chi connectivity index (χ0v) is 7.18. The smallest absolute Gasteiger partial charge is 0.120 e. The van der Waals surface area contributed by atoms with E-state index in [0.717, 1.165) is 19.4 Å². The molecule has 3 N–H and O–H groups in total. The largest absolute Gasteiger partial charge is 0.359 e. The maximum Gasteiger partial charge on any atom is 0.120 e. The van der Waals surface area contributed by atoms with Gasteiger partial charge in [0.2, 0.25) is 0 Å². The fourth-order valence-electron chi connectivity index (χ4n) is 1.43. The average Bonchev–Trinajstić information content (AvgIpc) is 2.06. The lowest BCUT2D eigenvalue weighted by Crippen LogP contribution is -2.46. The Hall–Kier alpha value is -0.120. The van der Waals surface area contributed by atoms with Crippen LogP contribution in [0.25, 0.3) is 0 Å². The van der Waals surface area contributed by atoms with Gasteiger partial charge >= 0.3 is 0 Å². The Morgan fingerprint density at radius 2 is 2.45 bits per heavy atom. The predicted molar refractivity (Wildman–Crippen MR) is 45.2 cm³/mol. The minimum Gasteiger partial charge on any atom is -0.359 e. The summed E-state index contributed by atoms with van der Waals surface area (Å²) in [5.41, 5.74) is 5.47. The van der Waals surface area contributed by atoms with Gasteiger partial charge in [0, 0.05) is 6.54 Å². The van der Waals surface area contributed by atoms with Gasteiger partial charge in [-0.2, -0.15) is 0 Å². The molecule has 3 nitrogen and oxygen atoms in total. The van der Waals surface area contributed by atoms with Gasteiger partial charge in [0.05, 0.1) is 6.10 Å². The molecule has 0 aromatic rings. The lowest BCUT2D eigenvalue weighted by atomic mass is 10.1. The van der Waals surface area contributed by atoms with Crippen molar-refractivity contribution in [2.24, 2.45) is 5.73 Å². The van der Waals surface area contributed by atoms with E-state index in [1.807, 2.05) is 0 Å². The van der Waals surface area contributed by atoms with Gasteiger partial charge in [-0.15, -0.1) is 0 Å². The van der Waals surface area contributed by atoms with Crippen molar-refractivity contribution in [3.05, 3.63) is 0 Å². The second kappa shape index (κ2) is 4.70. The molecule has 3 heteroatoms. The van der Waals surface area contributed by atoms with Crippen LogP contribution in [0.15, 0.2) is 0 Å². The molecule has 0 aliphatic carbocycles. The van der Waals surface area contributed by atoms with Crippen LogP contribution in [-0.4, -0.2) is 25.4 Å². The highest BCUT2D eigenvalue weighted by Crippen LogP contribution is 2.11. The Balaban J connectivity index is 2.21. The van der Waals surface area contributed by atoms with Gasteiger partial charge in [-0.05, 0) is 19.4 Å². The van der Waals surface area contributed by atoms with Crippen LogP contribution < -0.4 is 11.1 Å². The summed E-state index contributed by atoms with van der Waals surface area (Å²) in [5, 5.41) is 3.21. The van der Waals surface area contributed by atoms with Crippen LogP contribution in [0.3, 0.4) is 0 Å². The monoisotopic (exact) mass is 158 g/mol. The summed E-state index contributed by atoms with van der Waals surface area (Å²) < 4.78 is 5.64. The maximum atomic E-state index is 5.64. The summed E-state index contributed by atoms with van der Waals surface area (Å²) in [6.07, 6.45) is 4.03. The van der Waals surface area contributed by atoms with Crippen molar-refractivity contribution in [2.75, 3.05) is 13.1 Å². The van der Waals surface area contributed by atoms with Crippen LogP contribution >= 0.6 is 0 Å². The van der Waals surface area contributed by atoms with Crippen molar-refractivity contribution < 1.29 is 4.74 Å². The molecule has 1 aliphatic rings. The molecule has 1 fully saturated rings. The van der Waals surface area contributed by atoms with Gasteiger partial charge in [0.1, 0.15) is 6.23 Å². The average molecular weight is 158 g/mol. The molecule has 1 saturated heterocycles. The molecule has 11 heavy (non-hydrogen) atoms. The first-order chi connectivity index (χ1) is 5.36. The number of ether oxygens (including phenoxy) is 1. The number of nitrogens with two attached hydrogens (primary N) is 1. The summed E-state index contributed by atoms with van der Waals surface area (Å²) in [6.45, 7) is 3.82. The molecule has 1 aliphatic heterocycles. The first kappa shape index (κ1) is 8.97. The normalized spacial score (nSPS) is 32.2. The van der Waals surface area contributed by atoms with Crippen molar-refractivity contribution in [3.63, 3.8) is 0 Å². The van der Waals surface area contributed by atoms with Crippen LogP contribution in [-0.2, 0) is 4.74 Å². The molecule has 0 saturated carbocycles. The Labute approximate surface area is 68.3 Å². The molecule has 2 atom stereocenters. The van der Waals surface area contributed by atoms with Gasteiger partial charge in [-0.3, -0.25) is 5.32 Å². The lowest BCUT2D eigenvalue weighted by Gasteiger charge is -2.30. The molecular formula is C8H18N2O. The Morgan fingerprint density at radius 3 is 3.09 bits per heavy atom. The second-order valence-electron chi connectivity index (χ2n) is 3.01. The van der Waals surface area contributed by atoms with Gasteiger partial charge in [0.25, 0.3) is 0 Å². The molecule has 0 spiro atoms. The molecule has 0 amide bonds. The van der Waals surface area contributed by atoms with Crippen molar-refractivity contribution in [3.8, 4) is 0 Å². The minimum atomic E-state index is 0.0975. The SMILES string of the molecule is CCCC1CCNC(CN)O1. The minimum absolute atomic E-state index is 0.0975. The molecule has 2 unspecified atom stereocenters. The van der Waals surface area contributed by atoms with E-state index in [1.54, 1.807) is 0 Å². The first-order valence-electron chi connectivity index (χ1n) is 4.45. The van der Waals surface area contributed by atoms with Crippen molar-refractivity contribution in [1.82, 2.24) is 5.32 Å². The lowest BCUT2D eigenvalue weighted by molar-refractivity contribution is -0.0589.